The molecular weight excluding hydrogens is 599 g/mol. The van der Waals surface area contributed by atoms with Gasteiger partial charge in [0.2, 0.25) is 0 Å². The molecule has 6 rings (SSSR count). The smallest absolute Gasteiger partial charge is 1.00 e. The predicted molar refractivity (Wildman–Crippen MR) is 152 cm³/mol. The van der Waals surface area contributed by atoms with Gasteiger partial charge in [0.25, 0.3) is 0 Å². The number of fused-ring (bicyclic) bond motifs is 4. The number of hydrogen-bond donors (Lipinski definition) is 0. The van der Waals surface area contributed by atoms with Gasteiger partial charge in [0.05, 0.1) is 0 Å². The second kappa shape index (κ2) is 14.1. The molecule has 0 heterocycles. The summed E-state index contributed by atoms with van der Waals surface area (Å²) in [4.78, 5) is 0. The molecule has 0 N–H and O–H groups in total. The first-order valence-corrected chi connectivity index (χ1v) is 14.7. The average molecular weight is 632 g/mol. The van der Waals surface area contributed by atoms with E-state index in [-0.39, 0.29) is 51.0 Å². The number of rotatable bonds is 3. The molecule has 191 valence electrons. The van der Waals surface area contributed by atoms with Gasteiger partial charge in [-0.05, 0) is 71.2 Å². The van der Waals surface area contributed by atoms with Crippen LogP contribution in [-0.2, 0) is 32.6 Å². The first-order valence-electron chi connectivity index (χ1n) is 12.7. The number of benzene rings is 4. The summed E-state index contributed by atoms with van der Waals surface area (Å²) < 4.78 is 0. The van der Waals surface area contributed by atoms with Gasteiger partial charge in [0, 0.05) is 15.4 Å². The Labute approximate surface area is 263 Å². The van der Waals surface area contributed by atoms with E-state index in [4.69, 9.17) is 0 Å². The van der Waals surface area contributed by atoms with Gasteiger partial charge in [-0.2, -0.15) is 18.2 Å². The van der Waals surface area contributed by atoms with Crippen molar-refractivity contribution >= 4 is 15.6 Å². The Hall–Kier alpha value is -1.70. The molecule has 4 heteroatoms. The van der Waals surface area contributed by atoms with Crippen molar-refractivity contribution in [2.75, 3.05) is 0 Å². The first kappa shape index (κ1) is 32.5. The normalized spacial score (nSPS) is 13.8. The molecule has 0 saturated carbocycles. The maximum absolute atomic E-state index is 3.69. The summed E-state index contributed by atoms with van der Waals surface area (Å²) in [6, 6.07) is 30.5. The monoisotopic (exact) mass is 629 g/mol. The summed E-state index contributed by atoms with van der Waals surface area (Å²) in [6.45, 7) is 11.0. The molecular formula is C34H33Cl2SiZr. The van der Waals surface area contributed by atoms with Crippen LogP contribution in [0.2, 0.25) is 13.1 Å². The van der Waals surface area contributed by atoms with E-state index >= 15 is 0 Å². The van der Waals surface area contributed by atoms with Crippen LogP contribution in [0.25, 0.3) is 28.3 Å². The zero-order valence-electron chi connectivity index (χ0n) is 22.8. The van der Waals surface area contributed by atoms with Crippen molar-refractivity contribution in [3.63, 3.8) is 0 Å². The third-order valence-corrected chi connectivity index (χ3v) is 7.56. The van der Waals surface area contributed by atoms with Crippen LogP contribution in [0.1, 0.15) is 58.2 Å². The van der Waals surface area contributed by atoms with Crippen LogP contribution < -0.4 is 24.8 Å². The van der Waals surface area contributed by atoms with Crippen molar-refractivity contribution in [1.82, 2.24) is 0 Å². The van der Waals surface area contributed by atoms with Crippen LogP contribution in [0.5, 0.6) is 0 Å². The summed E-state index contributed by atoms with van der Waals surface area (Å²) in [5.41, 5.74) is 16.8. The molecule has 1 unspecified atom stereocenters. The van der Waals surface area contributed by atoms with Crippen molar-refractivity contribution < 1.29 is 51.0 Å². The Morgan fingerprint density at radius 1 is 0.816 bits per heavy atom. The molecule has 0 fully saturated rings. The summed E-state index contributed by atoms with van der Waals surface area (Å²) in [5, 5.41) is 0. The molecule has 0 aromatic heterocycles. The van der Waals surface area contributed by atoms with E-state index in [1.165, 1.54) is 66.8 Å². The number of aryl methyl sites for hydroxylation is 1. The molecule has 2 aliphatic carbocycles. The van der Waals surface area contributed by atoms with Gasteiger partial charge in [-0.1, -0.05) is 92.3 Å². The molecule has 38 heavy (non-hydrogen) atoms. The van der Waals surface area contributed by atoms with Crippen molar-refractivity contribution in [1.29, 1.82) is 0 Å². The Kier molecular flexibility index (Phi) is 12.1. The summed E-state index contributed by atoms with van der Waals surface area (Å²) in [7, 11) is 1.08. The van der Waals surface area contributed by atoms with Crippen LogP contribution in [0.3, 0.4) is 0 Å². The van der Waals surface area contributed by atoms with Crippen LogP contribution in [0.15, 0.2) is 78.4 Å². The Morgan fingerprint density at radius 3 is 2.21 bits per heavy atom. The van der Waals surface area contributed by atoms with Gasteiger partial charge in [-0.25, -0.2) is 0 Å². The van der Waals surface area contributed by atoms with Gasteiger partial charge in [-0.15, -0.1) is 16.7 Å². The van der Waals surface area contributed by atoms with Crippen molar-refractivity contribution in [3.8, 4) is 22.3 Å². The Morgan fingerprint density at radius 2 is 1.47 bits per heavy atom. The predicted octanol–water partition coefficient (Wildman–Crippen LogP) is 3.07. The van der Waals surface area contributed by atoms with Gasteiger partial charge in [-0.3, -0.25) is 0 Å². The van der Waals surface area contributed by atoms with E-state index in [2.05, 4.69) is 119 Å². The Balaban J connectivity index is 0.000000809. The summed E-state index contributed by atoms with van der Waals surface area (Å²) in [6.07, 6.45) is 4.53. The topological polar surface area (TPSA) is 0 Å². The number of hydrogen-bond acceptors (Lipinski definition) is 0. The van der Waals surface area contributed by atoms with Crippen molar-refractivity contribution in [3.05, 3.63) is 123 Å². The van der Waals surface area contributed by atoms with Gasteiger partial charge in [0.15, 0.2) is 0 Å². The third kappa shape index (κ3) is 5.75. The summed E-state index contributed by atoms with van der Waals surface area (Å²) >= 11 is 0. The minimum Gasteiger partial charge on any atom is -1.00 e. The van der Waals surface area contributed by atoms with Gasteiger partial charge in [0.1, 0.15) is 0 Å². The third-order valence-electron chi connectivity index (χ3n) is 7.56. The average Bonchev–Trinajstić information content (AvgIpc) is 3.44. The largest absolute Gasteiger partial charge is 3.00 e. The molecule has 0 saturated heterocycles. The second-order valence-electron chi connectivity index (χ2n) is 9.68. The van der Waals surface area contributed by atoms with Crippen molar-refractivity contribution in [2.24, 2.45) is 0 Å². The first-order chi connectivity index (χ1) is 17.1. The SMILES string of the molecule is CCC1=Cc2c(-c3cccc(C)c3C)cccc2C1c1[c-]ccc2c1Cc1ccccc1-2.C[Si]C.[Cl-].[Cl-].[Zr+3]. The van der Waals surface area contributed by atoms with E-state index in [0.717, 1.165) is 22.4 Å². The van der Waals surface area contributed by atoms with Crippen LogP contribution >= 0.6 is 0 Å². The standard InChI is InChI=1S/C32H27.C2H6Si.2ClH.Zr/c1-4-22-18-30-26(24-13-7-10-20(2)21(24)3)14-8-16-28(30)32(22)29-17-9-15-27-25-12-6-5-11-23(25)19-31(27)29;1-3-2;;;/h5-16,18,32H,4,19H2,1-3H3;1-2H3;2*1H;/q-1;;;;+3/p-2. The zero-order valence-corrected chi connectivity index (χ0v) is 27.7. The van der Waals surface area contributed by atoms with E-state index in [9.17, 15) is 0 Å². The fourth-order valence-corrected chi connectivity index (χ4v) is 5.76. The van der Waals surface area contributed by atoms with Gasteiger partial charge >= 0.3 is 26.2 Å². The fraction of sp³-hybridized carbons (Fsp3) is 0.235. The fourth-order valence-electron chi connectivity index (χ4n) is 5.76. The molecule has 4 aromatic carbocycles. The van der Waals surface area contributed by atoms with Crippen LogP contribution in [0.4, 0.5) is 0 Å². The second-order valence-corrected chi connectivity index (χ2v) is 10.7. The van der Waals surface area contributed by atoms with Gasteiger partial charge < -0.3 is 24.8 Å². The minimum atomic E-state index is 0. The van der Waals surface area contributed by atoms with Crippen molar-refractivity contribution in [2.45, 2.75) is 52.6 Å². The maximum atomic E-state index is 3.69. The molecule has 4 aromatic rings. The minimum absolute atomic E-state index is 0. The van der Waals surface area contributed by atoms with Crippen LogP contribution in [0, 0.1) is 19.9 Å². The molecule has 0 nitrogen and oxygen atoms in total. The summed E-state index contributed by atoms with van der Waals surface area (Å²) in [5.74, 6) is 0.296. The van der Waals surface area contributed by atoms with E-state index in [1.54, 1.807) is 0 Å². The molecule has 0 bridgehead atoms. The quantitative estimate of drug-likeness (QED) is 0.212. The van der Waals surface area contributed by atoms with E-state index in [0.29, 0.717) is 5.92 Å². The molecule has 0 spiro atoms. The van der Waals surface area contributed by atoms with E-state index < -0.39 is 0 Å². The molecule has 2 aliphatic rings. The molecule has 3 radical (unpaired) electrons. The number of halogens is 2. The molecule has 0 amide bonds. The van der Waals surface area contributed by atoms with E-state index in [1.807, 2.05) is 0 Å². The van der Waals surface area contributed by atoms with Crippen LogP contribution in [-0.4, -0.2) is 9.52 Å². The number of allylic oxidation sites excluding steroid dienone is 1. The zero-order chi connectivity index (χ0) is 24.5. The molecule has 0 aliphatic heterocycles. The maximum Gasteiger partial charge on any atom is 3.00 e. The molecule has 1 atom stereocenters. The Bertz CT molecular complexity index is 1440.